The van der Waals surface area contributed by atoms with Gasteiger partial charge in [-0.05, 0) is 31.2 Å². The molecular formula is C16H22F3N. The van der Waals surface area contributed by atoms with Gasteiger partial charge >= 0.3 is 6.18 Å². The molecule has 1 nitrogen and oxygen atoms in total. The maximum absolute atomic E-state index is 12.4. The molecule has 1 saturated carbocycles. The molecule has 0 aromatic heterocycles. The number of hydrogen-bond acceptors (Lipinski definition) is 1. The maximum atomic E-state index is 12.4. The fourth-order valence-electron chi connectivity index (χ4n) is 3.20. The van der Waals surface area contributed by atoms with E-state index < -0.39 is 18.6 Å². The second kappa shape index (κ2) is 6.61. The largest absolute Gasteiger partial charge is 0.390 e. The molecule has 1 N–H and O–H groups in total. The second-order valence-corrected chi connectivity index (χ2v) is 5.80. The van der Waals surface area contributed by atoms with Gasteiger partial charge in [-0.3, -0.25) is 0 Å². The molecule has 20 heavy (non-hydrogen) atoms. The Bertz CT molecular complexity index is 402. The van der Waals surface area contributed by atoms with Gasteiger partial charge in [0.25, 0.3) is 0 Å². The van der Waals surface area contributed by atoms with Crippen LogP contribution < -0.4 is 5.32 Å². The molecule has 0 heterocycles. The van der Waals surface area contributed by atoms with Gasteiger partial charge in [0.2, 0.25) is 0 Å². The predicted molar refractivity (Wildman–Crippen MR) is 74.7 cm³/mol. The number of alkyl halides is 3. The Morgan fingerprint density at radius 1 is 1.15 bits per heavy atom. The third-order valence-electron chi connectivity index (χ3n) is 4.03. The van der Waals surface area contributed by atoms with E-state index in [0.717, 1.165) is 25.7 Å². The summed E-state index contributed by atoms with van der Waals surface area (Å²) in [4.78, 5) is 0. The molecular weight excluding hydrogens is 263 g/mol. The first-order chi connectivity index (χ1) is 9.46. The third-order valence-corrected chi connectivity index (χ3v) is 4.03. The van der Waals surface area contributed by atoms with Crippen molar-refractivity contribution in [2.24, 2.45) is 0 Å². The molecule has 3 atom stereocenters. The molecule has 1 aliphatic rings. The minimum absolute atomic E-state index is 0.156. The van der Waals surface area contributed by atoms with Gasteiger partial charge < -0.3 is 5.32 Å². The standard InChI is InChI=1S/C16H22F3N/c1-12(11-16(17,18)19)20-15-10-6-5-9-14(15)13-7-3-2-4-8-13/h2-4,7-8,12,14-15,20H,5-6,9-11H2,1H3. The van der Waals surface area contributed by atoms with E-state index in [2.05, 4.69) is 17.4 Å². The molecule has 0 saturated heterocycles. The molecule has 0 spiro atoms. The number of benzene rings is 1. The molecule has 3 unspecified atom stereocenters. The Labute approximate surface area is 118 Å². The van der Waals surface area contributed by atoms with Crippen LogP contribution in [0.3, 0.4) is 0 Å². The lowest BCUT2D eigenvalue weighted by Crippen LogP contribution is -2.43. The highest BCUT2D eigenvalue weighted by atomic mass is 19.4. The van der Waals surface area contributed by atoms with E-state index in [1.165, 1.54) is 5.56 Å². The van der Waals surface area contributed by atoms with Crippen LogP contribution in [0.1, 0.15) is 50.5 Å². The van der Waals surface area contributed by atoms with E-state index in [-0.39, 0.29) is 6.04 Å². The van der Waals surface area contributed by atoms with Crippen molar-refractivity contribution in [3.05, 3.63) is 35.9 Å². The molecule has 2 rings (SSSR count). The summed E-state index contributed by atoms with van der Waals surface area (Å²) in [5.41, 5.74) is 1.24. The van der Waals surface area contributed by atoms with Crippen molar-refractivity contribution in [3.8, 4) is 0 Å². The average Bonchev–Trinajstić information content (AvgIpc) is 2.38. The summed E-state index contributed by atoms with van der Waals surface area (Å²) in [5.74, 6) is 0.334. The van der Waals surface area contributed by atoms with Crippen LogP contribution in [0.25, 0.3) is 0 Å². The van der Waals surface area contributed by atoms with Crippen LogP contribution in [0.5, 0.6) is 0 Å². The van der Waals surface area contributed by atoms with Gasteiger partial charge in [0, 0.05) is 12.1 Å². The van der Waals surface area contributed by atoms with E-state index in [4.69, 9.17) is 0 Å². The first kappa shape index (κ1) is 15.4. The van der Waals surface area contributed by atoms with Gasteiger partial charge in [-0.1, -0.05) is 43.2 Å². The van der Waals surface area contributed by atoms with Crippen LogP contribution in [0, 0.1) is 0 Å². The number of nitrogens with one attached hydrogen (secondary N) is 1. The summed E-state index contributed by atoms with van der Waals surface area (Å²) in [6.45, 7) is 1.63. The van der Waals surface area contributed by atoms with Crippen molar-refractivity contribution in [2.45, 2.75) is 63.2 Å². The van der Waals surface area contributed by atoms with Crippen molar-refractivity contribution in [3.63, 3.8) is 0 Å². The number of halogens is 3. The molecule has 0 aliphatic heterocycles. The van der Waals surface area contributed by atoms with E-state index in [0.29, 0.717) is 5.92 Å². The highest BCUT2D eigenvalue weighted by Gasteiger charge is 2.33. The average molecular weight is 285 g/mol. The lowest BCUT2D eigenvalue weighted by Gasteiger charge is -2.35. The van der Waals surface area contributed by atoms with Gasteiger partial charge in [0.05, 0.1) is 6.42 Å². The minimum atomic E-state index is -4.09. The molecule has 0 radical (unpaired) electrons. The molecule has 1 fully saturated rings. The lowest BCUT2D eigenvalue weighted by atomic mass is 9.79. The van der Waals surface area contributed by atoms with E-state index in [9.17, 15) is 13.2 Å². The fourth-order valence-corrected chi connectivity index (χ4v) is 3.20. The predicted octanol–water partition coefficient (Wildman–Crippen LogP) is 4.64. The highest BCUT2D eigenvalue weighted by molar-refractivity contribution is 5.22. The van der Waals surface area contributed by atoms with Crippen LogP contribution >= 0.6 is 0 Å². The smallest absolute Gasteiger partial charge is 0.311 e. The van der Waals surface area contributed by atoms with Gasteiger partial charge in [-0.15, -0.1) is 0 Å². The summed E-state index contributed by atoms with van der Waals surface area (Å²) in [5, 5.41) is 3.20. The van der Waals surface area contributed by atoms with Gasteiger partial charge in [-0.25, -0.2) is 0 Å². The summed E-state index contributed by atoms with van der Waals surface area (Å²) in [6.07, 6.45) is -0.582. The molecule has 1 aromatic carbocycles. The van der Waals surface area contributed by atoms with Crippen molar-refractivity contribution in [2.75, 3.05) is 0 Å². The maximum Gasteiger partial charge on any atom is 0.390 e. The van der Waals surface area contributed by atoms with E-state index in [1.54, 1.807) is 6.92 Å². The summed E-state index contributed by atoms with van der Waals surface area (Å²) >= 11 is 0. The van der Waals surface area contributed by atoms with Crippen LogP contribution in [-0.2, 0) is 0 Å². The zero-order chi connectivity index (χ0) is 14.6. The zero-order valence-corrected chi connectivity index (χ0v) is 11.8. The van der Waals surface area contributed by atoms with Crippen molar-refractivity contribution in [1.29, 1.82) is 0 Å². The van der Waals surface area contributed by atoms with E-state index >= 15 is 0 Å². The monoisotopic (exact) mass is 285 g/mol. The van der Waals surface area contributed by atoms with Gasteiger partial charge in [-0.2, -0.15) is 13.2 Å². The molecule has 112 valence electrons. The second-order valence-electron chi connectivity index (χ2n) is 5.80. The third kappa shape index (κ3) is 4.51. The first-order valence-corrected chi connectivity index (χ1v) is 7.33. The SMILES string of the molecule is CC(CC(F)(F)F)NC1CCCCC1c1ccccc1. The van der Waals surface area contributed by atoms with Crippen LogP contribution in [0.2, 0.25) is 0 Å². The zero-order valence-electron chi connectivity index (χ0n) is 11.8. The Morgan fingerprint density at radius 2 is 1.80 bits per heavy atom. The van der Waals surface area contributed by atoms with Crippen molar-refractivity contribution >= 4 is 0 Å². The Kier molecular flexibility index (Phi) is 5.08. The van der Waals surface area contributed by atoms with Gasteiger partial charge in [0.1, 0.15) is 0 Å². The number of rotatable bonds is 4. The van der Waals surface area contributed by atoms with Crippen molar-refractivity contribution < 1.29 is 13.2 Å². The topological polar surface area (TPSA) is 12.0 Å². The normalized spacial score (nSPS) is 25.4. The Hall–Kier alpha value is -1.03. The fraction of sp³-hybridized carbons (Fsp3) is 0.625. The summed E-state index contributed by atoms with van der Waals surface area (Å²) in [7, 11) is 0. The van der Waals surface area contributed by atoms with Crippen LogP contribution in [-0.4, -0.2) is 18.3 Å². The Balaban J connectivity index is 2.01. The summed E-state index contributed by atoms with van der Waals surface area (Å²) < 4.78 is 37.3. The minimum Gasteiger partial charge on any atom is -0.311 e. The first-order valence-electron chi connectivity index (χ1n) is 7.33. The quantitative estimate of drug-likeness (QED) is 0.849. The van der Waals surface area contributed by atoms with Gasteiger partial charge in [0.15, 0.2) is 0 Å². The van der Waals surface area contributed by atoms with Crippen LogP contribution in [0.15, 0.2) is 30.3 Å². The number of hydrogen-bond donors (Lipinski definition) is 1. The molecule has 1 aromatic rings. The Morgan fingerprint density at radius 3 is 2.45 bits per heavy atom. The lowest BCUT2D eigenvalue weighted by molar-refractivity contribution is -0.139. The van der Waals surface area contributed by atoms with Crippen molar-refractivity contribution in [1.82, 2.24) is 5.32 Å². The molecule has 0 bridgehead atoms. The molecule has 0 amide bonds. The van der Waals surface area contributed by atoms with Crippen LogP contribution in [0.4, 0.5) is 13.2 Å². The highest BCUT2D eigenvalue weighted by Crippen LogP contribution is 2.34. The molecule has 1 aliphatic carbocycles. The molecule has 4 heteroatoms. The summed E-state index contributed by atoms with van der Waals surface area (Å²) in [6, 6.07) is 9.77. The van der Waals surface area contributed by atoms with E-state index in [1.807, 2.05) is 18.2 Å².